The third kappa shape index (κ3) is 4.29. The highest BCUT2D eigenvalue weighted by molar-refractivity contribution is 5.90. The summed E-state index contributed by atoms with van der Waals surface area (Å²) in [6.07, 6.45) is 1.86. The third-order valence-corrected chi connectivity index (χ3v) is 3.92. The van der Waals surface area contributed by atoms with E-state index in [2.05, 4.69) is 19.2 Å². The number of nitrogens with zero attached hydrogens (tertiary/aromatic N) is 1. The fourth-order valence-electron chi connectivity index (χ4n) is 2.59. The Labute approximate surface area is 130 Å². The van der Waals surface area contributed by atoms with Crippen LogP contribution in [-0.4, -0.2) is 29.3 Å². The maximum Gasteiger partial charge on any atom is 0.242 e. The molecule has 1 aliphatic heterocycles. The Balaban J connectivity index is 1.96. The molecular weight excluding hydrogens is 283 g/mol. The van der Waals surface area contributed by atoms with Gasteiger partial charge in [-0.15, -0.1) is 0 Å². The minimum atomic E-state index is -0.412. The number of amides is 2. The molecule has 5 heteroatoms. The van der Waals surface area contributed by atoms with Gasteiger partial charge in [0.05, 0.1) is 0 Å². The zero-order valence-electron chi connectivity index (χ0n) is 13.1. The lowest BCUT2D eigenvalue weighted by atomic mass is 10.1. The van der Waals surface area contributed by atoms with E-state index < -0.39 is 6.04 Å². The van der Waals surface area contributed by atoms with Crippen LogP contribution in [0.15, 0.2) is 24.3 Å². The van der Waals surface area contributed by atoms with Gasteiger partial charge in [-0.3, -0.25) is 9.59 Å². The Bertz CT molecular complexity index is 528. The SMILES string of the molecule is CC(C)CCNC(=O)C1CCC(=O)N1Cc1ccc(F)cc1. The van der Waals surface area contributed by atoms with E-state index in [4.69, 9.17) is 0 Å². The Hall–Kier alpha value is -1.91. The molecule has 1 aromatic carbocycles. The summed E-state index contributed by atoms with van der Waals surface area (Å²) in [7, 11) is 0. The molecule has 4 nitrogen and oxygen atoms in total. The van der Waals surface area contributed by atoms with Crippen molar-refractivity contribution in [3.05, 3.63) is 35.6 Å². The number of halogens is 1. The topological polar surface area (TPSA) is 49.4 Å². The Kier molecular flexibility index (Phi) is 5.52. The van der Waals surface area contributed by atoms with Gasteiger partial charge >= 0.3 is 0 Å². The highest BCUT2D eigenvalue weighted by Crippen LogP contribution is 2.22. The molecule has 1 unspecified atom stereocenters. The van der Waals surface area contributed by atoms with E-state index in [1.807, 2.05) is 0 Å². The monoisotopic (exact) mass is 306 g/mol. The van der Waals surface area contributed by atoms with Gasteiger partial charge in [0.2, 0.25) is 11.8 Å². The van der Waals surface area contributed by atoms with Crippen molar-refractivity contribution in [3.8, 4) is 0 Å². The van der Waals surface area contributed by atoms with Crippen LogP contribution in [0.5, 0.6) is 0 Å². The molecule has 0 spiro atoms. The van der Waals surface area contributed by atoms with E-state index in [-0.39, 0.29) is 17.6 Å². The first-order chi connectivity index (χ1) is 10.5. The lowest BCUT2D eigenvalue weighted by Gasteiger charge is -2.24. The maximum atomic E-state index is 12.9. The summed E-state index contributed by atoms with van der Waals surface area (Å²) in [5.41, 5.74) is 0.830. The van der Waals surface area contributed by atoms with Gasteiger partial charge in [-0.2, -0.15) is 0 Å². The minimum absolute atomic E-state index is 0.0201. The lowest BCUT2D eigenvalue weighted by Crippen LogP contribution is -2.44. The summed E-state index contributed by atoms with van der Waals surface area (Å²) in [5.74, 6) is 0.113. The molecule has 1 aromatic rings. The molecule has 1 fully saturated rings. The van der Waals surface area contributed by atoms with Crippen molar-refractivity contribution < 1.29 is 14.0 Å². The molecule has 0 aliphatic carbocycles. The molecule has 1 atom stereocenters. The van der Waals surface area contributed by atoms with E-state index in [0.29, 0.717) is 31.8 Å². The van der Waals surface area contributed by atoms with Crippen molar-refractivity contribution in [1.29, 1.82) is 0 Å². The molecular formula is C17H23FN2O2. The number of hydrogen-bond donors (Lipinski definition) is 1. The molecule has 0 aromatic heterocycles. The van der Waals surface area contributed by atoms with Crippen molar-refractivity contribution >= 4 is 11.8 Å². The maximum absolute atomic E-state index is 12.9. The van der Waals surface area contributed by atoms with Gasteiger partial charge in [0.25, 0.3) is 0 Å². The van der Waals surface area contributed by atoms with Gasteiger partial charge in [-0.1, -0.05) is 26.0 Å². The van der Waals surface area contributed by atoms with Crippen LogP contribution in [0.3, 0.4) is 0 Å². The van der Waals surface area contributed by atoms with Gasteiger partial charge in [-0.05, 0) is 36.5 Å². The molecule has 1 N–H and O–H groups in total. The number of rotatable bonds is 6. The summed E-state index contributed by atoms with van der Waals surface area (Å²) in [6.45, 7) is 5.19. The molecule has 0 saturated carbocycles. The second-order valence-electron chi connectivity index (χ2n) is 6.18. The number of likely N-dealkylation sites (tertiary alicyclic amines) is 1. The average Bonchev–Trinajstić information content (AvgIpc) is 2.82. The Morgan fingerprint density at radius 2 is 2.05 bits per heavy atom. The van der Waals surface area contributed by atoms with Gasteiger partial charge < -0.3 is 10.2 Å². The number of nitrogens with one attached hydrogen (secondary N) is 1. The number of benzene rings is 1. The molecule has 0 bridgehead atoms. The molecule has 1 heterocycles. The Morgan fingerprint density at radius 1 is 1.36 bits per heavy atom. The molecule has 22 heavy (non-hydrogen) atoms. The quantitative estimate of drug-likeness (QED) is 0.878. The summed E-state index contributed by atoms with van der Waals surface area (Å²) < 4.78 is 12.9. The number of carbonyl (C=O) groups excluding carboxylic acids is 2. The van der Waals surface area contributed by atoms with Crippen LogP contribution < -0.4 is 5.32 Å². The molecule has 1 aliphatic rings. The van der Waals surface area contributed by atoms with Crippen LogP contribution >= 0.6 is 0 Å². The predicted molar refractivity (Wildman–Crippen MR) is 82.4 cm³/mol. The van der Waals surface area contributed by atoms with E-state index in [1.54, 1.807) is 17.0 Å². The van der Waals surface area contributed by atoms with Crippen molar-refractivity contribution in [3.63, 3.8) is 0 Å². The van der Waals surface area contributed by atoms with Crippen molar-refractivity contribution in [2.24, 2.45) is 5.92 Å². The molecule has 2 amide bonds. The Morgan fingerprint density at radius 3 is 2.68 bits per heavy atom. The first-order valence-electron chi connectivity index (χ1n) is 7.79. The lowest BCUT2D eigenvalue weighted by molar-refractivity contribution is -0.135. The summed E-state index contributed by atoms with van der Waals surface area (Å²) >= 11 is 0. The second-order valence-corrected chi connectivity index (χ2v) is 6.18. The summed E-state index contributed by atoms with van der Waals surface area (Å²) in [4.78, 5) is 25.9. The molecule has 1 saturated heterocycles. The second kappa shape index (κ2) is 7.38. The van der Waals surface area contributed by atoms with Crippen LogP contribution in [0.25, 0.3) is 0 Å². The van der Waals surface area contributed by atoms with Gasteiger partial charge in [0, 0.05) is 19.5 Å². The van der Waals surface area contributed by atoms with Crippen molar-refractivity contribution in [2.45, 2.75) is 45.7 Å². The standard InChI is InChI=1S/C17H23FN2O2/c1-12(2)9-10-19-17(22)15-7-8-16(21)20(15)11-13-3-5-14(18)6-4-13/h3-6,12,15H,7-11H2,1-2H3,(H,19,22). The number of carbonyl (C=O) groups is 2. The number of hydrogen-bond acceptors (Lipinski definition) is 2. The van der Waals surface area contributed by atoms with E-state index in [9.17, 15) is 14.0 Å². The van der Waals surface area contributed by atoms with Crippen LogP contribution in [0.1, 0.15) is 38.7 Å². The molecule has 120 valence electrons. The van der Waals surface area contributed by atoms with E-state index in [0.717, 1.165) is 12.0 Å². The first-order valence-corrected chi connectivity index (χ1v) is 7.79. The van der Waals surface area contributed by atoms with E-state index in [1.165, 1.54) is 12.1 Å². The molecule has 0 radical (unpaired) electrons. The first kappa shape index (κ1) is 16.5. The van der Waals surface area contributed by atoms with Gasteiger partial charge in [-0.25, -0.2) is 4.39 Å². The smallest absolute Gasteiger partial charge is 0.242 e. The molecule has 2 rings (SSSR count). The third-order valence-electron chi connectivity index (χ3n) is 3.92. The zero-order chi connectivity index (χ0) is 16.1. The predicted octanol–water partition coefficient (Wildman–Crippen LogP) is 2.48. The summed E-state index contributed by atoms with van der Waals surface area (Å²) in [6, 6.07) is 5.62. The van der Waals surface area contributed by atoms with Gasteiger partial charge in [0.15, 0.2) is 0 Å². The van der Waals surface area contributed by atoms with Crippen LogP contribution in [0.2, 0.25) is 0 Å². The fraction of sp³-hybridized carbons (Fsp3) is 0.529. The van der Waals surface area contributed by atoms with Crippen molar-refractivity contribution in [2.75, 3.05) is 6.54 Å². The largest absolute Gasteiger partial charge is 0.354 e. The van der Waals surface area contributed by atoms with Crippen LogP contribution in [0, 0.1) is 11.7 Å². The minimum Gasteiger partial charge on any atom is -0.354 e. The van der Waals surface area contributed by atoms with E-state index >= 15 is 0 Å². The zero-order valence-corrected chi connectivity index (χ0v) is 13.1. The highest BCUT2D eigenvalue weighted by atomic mass is 19.1. The van der Waals surface area contributed by atoms with Gasteiger partial charge in [0.1, 0.15) is 11.9 Å². The normalized spacial score (nSPS) is 18.1. The highest BCUT2D eigenvalue weighted by Gasteiger charge is 2.35. The summed E-state index contributed by atoms with van der Waals surface area (Å²) in [5, 5.41) is 2.91. The van der Waals surface area contributed by atoms with Crippen molar-refractivity contribution in [1.82, 2.24) is 10.2 Å². The average molecular weight is 306 g/mol. The van der Waals surface area contributed by atoms with Crippen LogP contribution in [0.4, 0.5) is 4.39 Å². The van der Waals surface area contributed by atoms with Crippen LogP contribution in [-0.2, 0) is 16.1 Å². The fourth-order valence-corrected chi connectivity index (χ4v) is 2.59.